The molecule has 0 aliphatic carbocycles. The molecule has 1 heterocycles. The maximum atomic E-state index is 13.8. The summed E-state index contributed by atoms with van der Waals surface area (Å²) in [4.78, 5) is 16.3. The normalized spacial score (nSPS) is 12.6. The highest BCUT2D eigenvalue weighted by molar-refractivity contribution is 7.16. The van der Waals surface area contributed by atoms with Gasteiger partial charge in [0.15, 0.2) is 4.80 Å². The Labute approximate surface area is 109 Å². The predicted molar refractivity (Wildman–Crippen MR) is 70.9 cm³/mol. The first-order valence-electron chi connectivity index (χ1n) is 5.91. The lowest BCUT2D eigenvalue weighted by atomic mass is 10.2. The zero-order valence-electron chi connectivity index (χ0n) is 10.6. The van der Waals surface area contributed by atoms with Gasteiger partial charge in [-0.25, -0.2) is 4.39 Å². The summed E-state index contributed by atoms with van der Waals surface area (Å²) >= 11 is 1.34. The molecule has 0 saturated heterocycles. The summed E-state index contributed by atoms with van der Waals surface area (Å²) in [5.74, 6) is -0.599. The van der Waals surface area contributed by atoms with E-state index >= 15 is 0 Å². The molecule has 0 bridgehead atoms. The van der Waals surface area contributed by atoms with Gasteiger partial charge in [0, 0.05) is 12.5 Å². The summed E-state index contributed by atoms with van der Waals surface area (Å²) in [7, 11) is 0. The summed E-state index contributed by atoms with van der Waals surface area (Å²) in [6.45, 7) is 6.11. The highest BCUT2D eigenvalue weighted by atomic mass is 32.1. The van der Waals surface area contributed by atoms with Crippen LogP contribution in [0.3, 0.4) is 0 Å². The molecule has 0 atom stereocenters. The zero-order chi connectivity index (χ0) is 13.3. The van der Waals surface area contributed by atoms with Gasteiger partial charge >= 0.3 is 0 Å². The predicted octanol–water partition coefficient (Wildman–Crippen LogP) is 2.95. The van der Waals surface area contributed by atoms with E-state index in [4.69, 9.17) is 0 Å². The van der Waals surface area contributed by atoms with Crippen molar-refractivity contribution in [2.45, 2.75) is 27.3 Å². The van der Waals surface area contributed by atoms with Crippen molar-refractivity contribution in [2.24, 2.45) is 10.9 Å². The first-order valence-corrected chi connectivity index (χ1v) is 6.72. The molecule has 1 aromatic carbocycles. The van der Waals surface area contributed by atoms with Crippen molar-refractivity contribution >= 4 is 27.5 Å². The minimum absolute atomic E-state index is 0.148. The third-order valence-electron chi connectivity index (χ3n) is 2.67. The Hall–Kier alpha value is -1.49. The topological polar surface area (TPSA) is 34.4 Å². The van der Waals surface area contributed by atoms with Gasteiger partial charge in [-0.3, -0.25) is 4.79 Å². The lowest BCUT2D eigenvalue weighted by Crippen LogP contribution is -2.18. The number of hydrogen-bond acceptors (Lipinski definition) is 2. The molecule has 0 aliphatic heterocycles. The van der Waals surface area contributed by atoms with Crippen LogP contribution in [-0.4, -0.2) is 10.5 Å². The molecule has 3 nitrogen and oxygen atoms in total. The minimum Gasteiger partial charge on any atom is -0.314 e. The number of thiazole rings is 1. The number of nitrogens with zero attached hydrogens (tertiary/aromatic N) is 2. The van der Waals surface area contributed by atoms with Crippen LogP contribution >= 0.6 is 11.3 Å². The molecule has 0 aliphatic rings. The summed E-state index contributed by atoms with van der Waals surface area (Å²) < 4.78 is 16.4. The number of hydrogen-bond donors (Lipinski definition) is 0. The van der Waals surface area contributed by atoms with Crippen LogP contribution in [0.25, 0.3) is 10.2 Å². The molecule has 5 heteroatoms. The maximum absolute atomic E-state index is 13.8. The third-order valence-corrected chi connectivity index (χ3v) is 3.71. The van der Waals surface area contributed by atoms with Crippen LogP contribution in [0.2, 0.25) is 0 Å². The quantitative estimate of drug-likeness (QED) is 0.823. The van der Waals surface area contributed by atoms with Gasteiger partial charge in [-0.15, -0.1) is 0 Å². The molecule has 18 heavy (non-hydrogen) atoms. The SMILES string of the molecule is CCn1c(=NC(=O)C(C)C)sc2cccc(F)c21. The Bertz CT molecular complexity index is 655. The molecule has 0 saturated carbocycles. The number of para-hydroxylation sites is 1. The van der Waals surface area contributed by atoms with Crippen LogP contribution in [0.15, 0.2) is 23.2 Å². The number of fused-ring (bicyclic) bond motifs is 1. The van der Waals surface area contributed by atoms with E-state index in [0.717, 1.165) is 4.70 Å². The average molecular weight is 266 g/mol. The van der Waals surface area contributed by atoms with Gasteiger partial charge in [0.25, 0.3) is 5.91 Å². The first-order chi connectivity index (χ1) is 8.54. The van der Waals surface area contributed by atoms with Gasteiger partial charge < -0.3 is 4.57 Å². The number of aryl methyl sites for hydroxylation is 1. The van der Waals surface area contributed by atoms with Crippen molar-refractivity contribution in [3.8, 4) is 0 Å². The summed E-state index contributed by atoms with van der Waals surface area (Å²) in [6, 6.07) is 4.94. The van der Waals surface area contributed by atoms with E-state index in [0.29, 0.717) is 16.9 Å². The van der Waals surface area contributed by atoms with Crippen LogP contribution in [-0.2, 0) is 11.3 Å². The van der Waals surface area contributed by atoms with E-state index < -0.39 is 0 Å². The van der Waals surface area contributed by atoms with Crippen molar-refractivity contribution in [1.29, 1.82) is 0 Å². The smallest absolute Gasteiger partial charge is 0.250 e. The first kappa shape index (κ1) is 13.0. The van der Waals surface area contributed by atoms with E-state index in [1.54, 1.807) is 24.5 Å². The lowest BCUT2D eigenvalue weighted by molar-refractivity contribution is -0.120. The van der Waals surface area contributed by atoms with Crippen LogP contribution in [0.4, 0.5) is 4.39 Å². The summed E-state index contributed by atoms with van der Waals surface area (Å²) in [5, 5.41) is 0. The highest BCUT2D eigenvalue weighted by Gasteiger charge is 2.11. The van der Waals surface area contributed by atoms with Crippen LogP contribution in [0.5, 0.6) is 0 Å². The molecule has 0 radical (unpaired) electrons. The molecule has 2 rings (SSSR count). The fraction of sp³-hybridized carbons (Fsp3) is 0.385. The van der Waals surface area contributed by atoms with E-state index in [2.05, 4.69) is 4.99 Å². The lowest BCUT2D eigenvalue weighted by Gasteiger charge is -2.01. The van der Waals surface area contributed by atoms with Crippen LogP contribution in [0, 0.1) is 11.7 Å². The van der Waals surface area contributed by atoms with Gasteiger partial charge in [0.05, 0.1) is 10.2 Å². The molecular formula is C13H15FN2OS. The molecule has 1 amide bonds. The number of aromatic nitrogens is 1. The van der Waals surface area contributed by atoms with Gasteiger partial charge in [0.2, 0.25) is 0 Å². The number of halogens is 1. The van der Waals surface area contributed by atoms with Gasteiger partial charge in [0.1, 0.15) is 5.82 Å². The minimum atomic E-state index is -0.274. The number of carbonyl (C=O) groups is 1. The van der Waals surface area contributed by atoms with Crippen molar-refractivity contribution in [3.05, 3.63) is 28.8 Å². The second-order valence-corrected chi connectivity index (χ2v) is 5.33. The molecule has 0 N–H and O–H groups in total. The fourth-order valence-corrected chi connectivity index (χ4v) is 2.80. The number of rotatable bonds is 2. The number of carbonyl (C=O) groups excluding carboxylic acids is 1. The molecular weight excluding hydrogens is 251 g/mol. The standard InChI is InChI=1S/C13H15FN2OS/c1-4-16-11-9(14)6-5-7-10(11)18-13(16)15-12(17)8(2)3/h5-8H,4H2,1-3H3. The van der Waals surface area contributed by atoms with Crippen molar-refractivity contribution in [1.82, 2.24) is 4.57 Å². The fourth-order valence-electron chi connectivity index (χ4n) is 1.69. The second kappa shape index (κ2) is 5.02. The summed E-state index contributed by atoms with van der Waals surface area (Å²) in [5.41, 5.74) is 0.528. The van der Waals surface area contributed by atoms with Gasteiger partial charge in [-0.05, 0) is 19.1 Å². The monoisotopic (exact) mass is 266 g/mol. The zero-order valence-corrected chi connectivity index (χ0v) is 11.4. The molecule has 0 spiro atoms. The average Bonchev–Trinajstić information content (AvgIpc) is 2.67. The Morgan fingerprint density at radius 2 is 2.22 bits per heavy atom. The van der Waals surface area contributed by atoms with Crippen molar-refractivity contribution in [2.75, 3.05) is 0 Å². The molecule has 2 aromatic rings. The van der Waals surface area contributed by atoms with Crippen molar-refractivity contribution < 1.29 is 9.18 Å². The number of amides is 1. The Balaban J connectivity index is 2.73. The van der Waals surface area contributed by atoms with Crippen LogP contribution in [0.1, 0.15) is 20.8 Å². The Kier molecular flexibility index (Phi) is 3.61. The van der Waals surface area contributed by atoms with Crippen molar-refractivity contribution in [3.63, 3.8) is 0 Å². The largest absolute Gasteiger partial charge is 0.314 e. The van der Waals surface area contributed by atoms with E-state index in [1.165, 1.54) is 17.4 Å². The highest BCUT2D eigenvalue weighted by Crippen LogP contribution is 2.20. The molecule has 1 aromatic heterocycles. The molecule has 96 valence electrons. The Morgan fingerprint density at radius 1 is 1.50 bits per heavy atom. The third kappa shape index (κ3) is 2.22. The molecule has 0 fully saturated rings. The summed E-state index contributed by atoms with van der Waals surface area (Å²) in [6.07, 6.45) is 0. The van der Waals surface area contributed by atoms with E-state index in [9.17, 15) is 9.18 Å². The number of benzene rings is 1. The van der Waals surface area contributed by atoms with E-state index in [1.807, 2.05) is 13.0 Å². The maximum Gasteiger partial charge on any atom is 0.250 e. The molecule has 0 unspecified atom stereocenters. The Morgan fingerprint density at radius 3 is 2.83 bits per heavy atom. The van der Waals surface area contributed by atoms with Crippen LogP contribution < -0.4 is 4.80 Å². The second-order valence-electron chi connectivity index (χ2n) is 4.32. The van der Waals surface area contributed by atoms with Gasteiger partial charge in [-0.1, -0.05) is 31.3 Å². The van der Waals surface area contributed by atoms with Gasteiger partial charge in [-0.2, -0.15) is 4.99 Å². The van der Waals surface area contributed by atoms with E-state index in [-0.39, 0.29) is 17.6 Å².